The van der Waals surface area contributed by atoms with Crippen molar-refractivity contribution in [1.82, 2.24) is 14.6 Å². The molecule has 19 heavy (non-hydrogen) atoms. The molecule has 2 heterocycles. The predicted molar refractivity (Wildman–Crippen MR) is 75.1 cm³/mol. The smallest absolute Gasteiger partial charge is 0.156 e. The molecule has 0 radical (unpaired) electrons. The first-order chi connectivity index (χ1) is 9.24. The van der Waals surface area contributed by atoms with Crippen molar-refractivity contribution in [3.8, 4) is 0 Å². The fourth-order valence-corrected chi connectivity index (χ4v) is 2.08. The number of fused-ring (bicyclic) bond motifs is 1. The quantitative estimate of drug-likeness (QED) is 0.797. The highest BCUT2D eigenvalue weighted by atomic mass is 35.5. The summed E-state index contributed by atoms with van der Waals surface area (Å²) in [4.78, 5) is 4.48. The SMILES string of the molecule is NCc1ccc2nc(Cc3ccc(Cl)cc3)nn2c1. The van der Waals surface area contributed by atoms with Crippen molar-refractivity contribution >= 4 is 17.2 Å². The second kappa shape index (κ2) is 4.99. The van der Waals surface area contributed by atoms with Gasteiger partial charge in [0.2, 0.25) is 0 Å². The number of pyridine rings is 1. The molecule has 1 aromatic carbocycles. The van der Waals surface area contributed by atoms with Crippen LogP contribution in [0.2, 0.25) is 5.02 Å². The fourth-order valence-electron chi connectivity index (χ4n) is 1.95. The normalized spacial score (nSPS) is 11.1. The maximum Gasteiger partial charge on any atom is 0.156 e. The first-order valence-electron chi connectivity index (χ1n) is 6.03. The van der Waals surface area contributed by atoms with Crippen LogP contribution in [0.15, 0.2) is 42.6 Å². The average molecular weight is 273 g/mol. The van der Waals surface area contributed by atoms with Gasteiger partial charge in [-0.15, -0.1) is 0 Å². The Kier molecular flexibility index (Phi) is 3.19. The van der Waals surface area contributed by atoms with E-state index in [0.717, 1.165) is 27.6 Å². The lowest BCUT2D eigenvalue weighted by Crippen LogP contribution is -1.99. The molecule has 0 amide bonds. The molecule has 0 atom stereocenters. The molecule has 5 heteroatoms. The zero-order valence-electron chi connectivity index (χ0n) is 10.3. The van der Waals surface area contributed by atoms with Crippen molar-refractivity contribution in [2.45, 2.75) is 13.0 Å². The van der Waals surface area contributed by atoms with Crippen LogP contribution in [0.1, 0.15) is 17.0 Å². The average Bonchev–Trinajstić information content (AvgIpc) is 2.82. The second-order valence-corrected chi connectivity index (χ2v) is 4.81. The summed E-state index contributed by atoms with van der Waals surface area (Å²) < 4.78 is 1.77. The lowest BCUT2D eigenvalue weighted by Gasteiger charge is -1.96. The third-order valence-corrected chi connectivity index (χ3v) is 3.20. The number of halogens is 1. The summed E-state index contributed by atoms with van der Waals surface area (Å²) in [7, 11) is 0. The van der Waals surface area contributed by atoms with E-state index in [-0.39, 0.29) is 0 Å². The molecule has 96 valence electrons. The summed E-state index contributed by atoms with van der Waals surface area (Å²) in [6.07, 6.45) is 2.60. The maximum absolute atomic E-state index is 5.87. The van der Waals surface area contributed by atoms with Crippen molar-refractivity contribution in [2.75, 3.05) is 0 Å². The van der Waals surface area contributed by atoms with Gasteiger partial charge in [0, 0.05) is 24.2 Å². The van der Waals surface area contributed by atoms with Gasteiger partial charge in [0.25, 0.3) is 0 Å². The van der Waals surface area contributed by atoms with Gasteiger partial charge in [0.1, 0.15) is 0 Å². The second-order valence-electron chi connectivity index (χ2n) is 4.38. The summed E-state index contributed by atoms with van der Waals surface area (Å²) in [6.45, 7) is 0.502. The molecule has 0 saturated heterocycles. The Morgan fingerprint density at radius 1 is 1.05 bits per heavy atom. The van der Waals surface area contributed by atoms with Crippen LogP contribution in [0, 0.1) is 0 Å². The number of benzene rings is 1. The minimum absolute atomic E-state index is 0.502. The Morgan fingerprint density at radius 3 is 2.53 bits per heavy atom. The van der Waals surface area contributed by atoms with Gasteiger partial charge in [0.05, 0.1) is 0 Å². The summed E-state index contributed by atoms with van der Waals surface area (Å²) in [5.74, 6) is 0.788. The third kappa shape index (κ3) is 2.59. The van der Waals surface area contributed by atoms with E-state index in [1.807, 2.05) is 42.6 Å². The molecular formula is C14H13ClN4. The van der Waals surface area contributed by atoms with Gasteiger partial charge < -0.3 is 5.73 Å². The number of nitrogens with two attached hydrogens (primary N) is 1. The highest BCUT2D eigenvalue weighted by Gasteiger charge is 2.05. The van der Waals surface area contributed by atoms with Crippen LogP contribution in [-0.4, -0.2) is 14.6 Å². The largest absolute Gasteiger partial charge is 0.326 e. The zero-order valence-corrected chi connectivity index (χ0v) is 11.0. The van der Waals surface area contributed by atoms with Crippen LogP contribution < -0.4 is 5.73 Å². The number of nitrogens with zero attached hydrogens (tertiary/aromatic N) is 3. The number of aromatic nitrogens is 3. The first kappa shape index (κ1) is 12.1. The number of hydrogen-bond acceptors (Lipinski definition) is 3. The van der Waals surface area contributed by atoms with Crippen LogP contribution in [0.5, 0.6) is 0 Å². The van der Waals surface area contributed by atoms with Crippen LogP contribution in [0.3, 0.4) is 0 Å². The molecule has 3 rings (SSSR count). The summed E-state index contributed by atoms with van der Waals surface area (Å²) in [5.41, 5.74) is 8.62. The van der Waals surface area contributed by atoms with Crippen molar-refractivity contribution in [3.63, 3.8) is 0 Å². The molecule has 3 aromatic rings. The molecule has 4 nitrogen and oxygen atoms in total. The Labute approximate surface area is 115 Å². The van der Waals surface area contributed by atoms with Crippen molar-refractivity contribution in [2.24, 2.45) is 5.73 Å². The van der Waals surface area contributed by atoms with Crippen LogP contribution in [0.4, 0.5) is 0 Å². The first-order valence-corrected chi connectivity index (χ1v) is 6.41. The molecule has 2 N–H and O–H groups in total. The summed E-state index contributed by atoms with van der Waals surface area (Å²) in [6, 6.07) is 11.6. The Morgan fingerprint density at radius 2 is 1.79 bits per heavy atom. The van der Waals surface area contributed by atoms with Crippen molar-refractivity contribution in [3.05, 3.63) is 64.6 Å². The third-order valence-electron chi connectivity index (χ3n) is 2.95. The van der Waals surface area contributed by atoms with Crippen molar-refractivity contribution in [1.29, 1.82) is 0 Å². The fraction of sp³-hybridized carbons (Fsp3) is 0.143. The van der Waals surface area contributed by atoms with E-state index in [2.05, 4.69) is 10.1 Å². The van der Waals surface area contributed by atoms with Gasteiger partial charge in [-0.25, -0.2) is 9.50 Å². The molecule has 0 bridgehead atoms. The minimum atomic E-state index is 0.502. The van der Waals surface area contributed by atoms with Gasteiger partial charge in [-0.3, -0.25) is 0 Å². The highest BCUT2D eigenvalue weighted by Crippen LogP contribution is 2.13. The van der Waals surface area contributed by atoms with E-state index in [1.54, 1.807) is 4.52 Å². The summed E-state index contributed by atoms with van der Waals surface area (Å²) >= 11 is 5.87. The van der Waals surface area contributed by atoms with Gasteiger partial charge in [0.15, 0.2) is 11.5 Å². The lowest BCUT2D eigenvalue weighted by atomic mass is 10.1. The Bertz CT molecular complexity index is 703. The monoisotopic (exact) mass is 272 g/mol. The van der Waals surface area contributed by atoms with Crippen LogP contribution >= 0.6 is 11.6 Å². The van der Waals surface area contributed by atoms with E-state index in [0.29, 0.717) is 13.0 Å². The molecular weight excluding hydrogens is 260 g/mol. The molecule has 0 aliphatic heterocycles. The maximum atomic E-state index is 5.87. The van der Waals surface area contributed by atoms with Crippen molar-refractivity contribution < 1.29 is 0 Å². The lowest BCUT2D eigenvalue weighted by molar-refractivity contribution is 0.884. The van der Waals surface area contributed by atoms with E-state index >= 15 is 0 Å². The van der Waals surface area contributed by atoms with Crippen LogP contribution in [0.25, 0.3) is 5.65 Å². The standard InChI is InChI=1S/C14H13ClN4/c15-12-4-1-10(2-5-12)7-13-17-14-6-3-11(8-16)9-19(14)18-13/h1-6,9H,7-8,16H2. The number of rotatable bonds is 3. The molecule has 0 aliphatic rings. The molecule has 0 fully saturated rings. The van der Waals surface area contributed by atoms with E-state index < -0.39 is 0 Å². The molecule has 0 saturated carbocycles. The predicted octanol–water partition coefficient (Wildman–Crippen LogP) is 2.43. The Balaban J connectivity index is 1.90. The van der Waals surface area contributed by atoms with E-state index in [1.165, 1.54) is 0 Å². The molecule has 2 aromatic heterocycles. The molecule has 0 spiro atoms. The van der Waals surface area contributed by atoms with E-state index in [4.69, 9.17) is 17.3 Å². The Hall–Kier alpha value is -1.91. The van der Waals surface area contributed by atoms with Gasteiger partial charge >= 0.3 is 0 Å². The topological polar surface area (TPSA) is 56.2 Å². The molecule has 0 unspecified atom stereocenters. The minimum Gasteiger partial charge on any atom is -0.326 e. The van der Waals surface area contributed by atoms with E-state index in [9.17, 15) is 0 Å². The van der Waals surface area contributed by atoms with Gasteiger partial charge in [-0.2, -0.15) is 5.10 Å². The van der Waals surface area contributed by atoms with Crippen LogP contribution in [-0.2, 0) is 13.0 Å². The zero-order chi connectivity index (χ0) is 13.2. The highest BCUT2D eigenvalue weighted by molar-refractivity contribution is 6.30. The van der Waals surface area contributed by atoms with Gasteiger partial charge in [-0.1, -0.05) is 29.8 Å². The number of hydrogen-bond donors (Lipinski definition) is 1. The molecule has 0 aliphatic carbocycles. The van der Waals surface area contributed by atoms with Gasteiger partial charge in [-0.05, 0) is 29.3 Å². The summed E-state index contributed by atoms with van der Waals surface area (Å²) in [5, 5.41) is 5.19.